The molecule has 1 heterocycles. The SMILES string of the molecule is CON(C)C(=O)C(F)(F)c1ccc2ncccc2c1. The quantitative estimate of drug-likeness (QED) is 0.801. The van der Waals surface area contributed by atoms with Gasteiger partial charge in [-0.1, -0.05) is 12.1 Å². The van der Waals surface area contributed by atoms with Crippen molar-refractivity contribution in [1.82, 2.24) is 10.0 Å². The van der Waals surface area contributed by atoms with Gasteiger partial charge in [0, 0.05) is 24.2 Å². The van der Waals surface area contributed by atoms with E-state index in [1.807, 2.05) is 0 Å². The lowest BCUT2D eigenvalue weighted by molar-refractivity contribution is -0.195. The molecule has 0 radical (unpaired) electrons. The smallest absolute Gasteiger partial charge is 0.274 e. The first-order chi connectivity index (χ1) is 8.96. The van der Waals surface area contributed by atoms with Gasteiger partial charge < -0.3 is 0 Å². The Bertz CT molecular complexity index is 616. The predicted octanol–water partition coefficient (Wildman–Crippen LogP) is 2.35. The molecule has 0 spiro atoms. The summed E-state index contributed by atoms with van der Waals surface area (Å²) in [6.45, 7) is 0. The van der Waals surface area contributed by atoms with Crippen LogP contribution in [-0.2, 0) is 15.6 Å². The van der Waals surface area contributed by atoms with Gasteiger partial charge in [-0.2, -0.15) is 8.78 Å². The number of likely N-dealkylation sites (N-methyl/N-ethyl adjacent to an activating group) is 1. The van der Waals surface area contributed by atoms with Gasteiger partial charge in [-0.15, -0.1) is 0 Å². The maximum absolute atomic E-state index is 14.0. The molecule has 6 heteroatoms. The number of nitrogens with zero attached hydrogens (tertiary/aromatic N) is 2. The summed E-state index contributed by atoms with van der Waals surface area (Å²) in [5, 5.41) is 1.06. The summed E-state index contributed by atoms with van der Waals surface area (Å²) in [5.74, 6) is -5.06. The van der Waals surface area contributed by atoms with Crippen molar-refractivity contribution in [2.24, 2.45) is 0 Å². The van der Waals surface area contributed by atoms with E-state index in [4.69, 9.17) is 0 Å². The lowest BCUT2D eigenvalue weighted by Gasteiger charge is -2.21. The Hall–Kier alpha value is -2.08. The van der Waals surface area contributed by atoms with Crippen LogP contribution in [0.25, 0.3) is 10.9 Å². The minimum absolute atomic E-state index is 0.387. The van der Waals surface area contributed by atoms with Crippen molar-refractivity contribution >= 4 is 16.8 Å². The fourth-order valence-electron chi connectivity index (χ4n) is 1.68. The molecule has 0 fully saturated rings. The third kappa shape index (κ3) is 2.39. The van der Waals surface area contributed by atoms with Crippen molar-refractivity contribution in [2.45, 2.75) is 5.92 Å². The minimum Gasteiger partial charge on any atom is -0.274 e. The van der Waals surface area contributed by atoms with Crippen LogP contribution in [0.2, 0.25) is 0 Å². The van der Waals surface area contributed by atoms with Crippen LogP contribution >= 0.6 is 0 Å². The zero-order valence-corrected chi connectivity index (χ0v) is 10.4. The molecular formula is C13H12F2N2O2. The molecule has 0 aliphatic heterocycles. The molecule has 4 nitrogen and oxygen atoms in total. The second kappa shape index (κ2) is 4.89. The number of halogens is 2. The van der Waals surface area contributed by atoms with E-state index >= 15 is 0 Å². The first-order valence-electron chi connectivity index (χ1n) is 5.52. The van der Waals surface area contributed by atoms with Crippen molar-refractivity contribution in [3.8, 4) is 0 Å². The zero-order valence-electron chi connectivity index (χ0n) is 10.4. The molecular weight excluding hydrogens is 254 g/mol. The normalized spacial score (nSPS) is 11.6. The van der Waals surface area contributed by atoms with Gasteiger partial charge in [0.05, 0.1) is 12.6 Å². The number of amides is 1. The summed E-state index contributed by atoms with van der Waals surface area (Å²) in [4.78, 5) is 20.1. The van der Waals surface area contributed by atoms with Crippen LogP contribution in [0.1, 0.15) is 5.56 Å². The number of carbonyl (C=O) groups excluding carboxylic acids is 1. The van der Waals surface area contributed by atoms with Crippen LogP contribution in [0, 0.1) is 0 Å². The lowest BCUT2D eigenvalue weighted by Crippen LogP contribution is -2.38. The molecule has 1 aromatic carbocycles. The summed E-state index contributed by atoms with van der Waals surface area (Å²) >= 11 is 0. The number of rotatable bonds is 3. The number of hydroxylamine groups is 2. The van der Waals surface area contributed by atoms with Gasteiger partial charge in [-0.05, 0) is 18.2 Å². The van der Waals surface area contributed by atoms with Gasteiger partial charge in [0.1, 0.15) is 0 Å². The van der Waals surface area contributed by atoms with Crippen LogP contribution in [0.4, 0.5) is 8.78 Å². The number of aromatic nitrogens is 1. The van der Waals surface area contributed by atoms with Crippen LogP contribution in [0.15, 0.2) is 36.5 Å². The van der Waals surface area contributed by atoms with E-state index in [-0.39, 0.29) is 5.56 Å². The van der Waals surface area contributed by atoms with Gasteiger partial charge in [-0.25, -0.2) is 5.06 Å². The summed E-state index contributed by atoms with van der Waals surface area (Å²) in [6, 6.07) is 7.21. The fraction of sp³-hybridized carbons (Fsp3) is 0.231. The molecule has 0 saturated carbocycles. The molecule has 19 heavy (non-hydrogen) atoms. The Balaban J connectivity index is 2.45. The van der Waals surface area contributed by atoms with Crippen molar-refractivity contribution in [3.05, 3.63) is 42.1 Å². The average molecular weight is 266 g/mol. The largest absolute Gasteiger partial charge is 0.352 e. The molecule has 1 amide bonds. The summed E-state index contributed by atoms with van der Waals surface area (Å²) in [7, 11) is 2.29. The molecule has 100 valence electrons. The molecule has 0 unspecified atom stereocenters. The Labute approximate surface area is 108 Å². The monoisotopic (exact) mass is 266 g/mol. The van der Waals surface area contributed by atoms with Gasteiger partial charge in [0.15, 0.2) is 0 Å². The third-order valence-electron chi connectivity index (χ3n) is 2.79. The number of hydrogen-bond donors (Lipinski definition) is 0. The Morgan fingerprint density at radius 3 is 2.79 bits per heavy atom. The Morgan fingerprint density at radius 2 is 2.11 bits per heavy atom. The third-order valence-corrected chi connectivity index (χ3v) is 2.79. The maximum Gasteiger partial charge on any atom is 0.352 e. The van der Waals surface area contributed by atoms with E-state index in [0.717, 1.165) is 14.2 Å². The number of pyridine rings is 1. The highest BCUT2D eigenvalue weighted by Gasteiger charge is 2.43. The van der Waals surface area contributed by atoms with E-state index in [9.17, 15) is 13.6 Å². The van der Waals surface area contributed by atoms with Crippen LogP contribution in [0.3, 0.4) is 0 Å². The van der Waals surface area contributed by atoms with Gasteiger partial charge in [-0.3, -0.25) is 14.6 Å². The average Bonchev–Trinajstić information content (AvgIpc) is 2.45. The number of fused-ring (bicyclic) bond motifs is 1. The van der Waals surface area contributed by atoms with Crippen LogP contribution < -0.4 is 0 Å². The number of carbonyl (C=O) groups is 1. The first kappa shape index (κ1) is 13.4. The molecule has 0 saturated heterocycles. The highest BCUT2D eigenvalue weighted by atomic mass is 19.3. The number of benzene rings is 1. The van der Waals surface area contributed by atoms with Gasteiger partial charge in [0.2, 0.25) is 0 Å². The summed E-state index contributed by atoms with van der Waals surface area (Å²) in [6.07, 6.45) is 1.57. The molecule has 2 aromatic rings. The molecule has 1 aromatic heterocycles. The van der Waals surface area contributed by atoms with Gasteiger partial charge in [0.25, 0.3) is 0 Å². The Morgan fingerprint density at radius 1 is 1.37 bits per heavy atom. The Kier molecular flexibility index (Phi) is 3.44. The summed E-state index contributed by atoms with van der Waals surface area (Å²) in [5.41, 5.74) is 0.205. The van der Waals surface area contributed by atoms with E-state index in [1.165, 1.54) is 18.2 Å². The predicted molar refractivity (Wildman–Crippen MR) is 65.4 cm³/mol. The molecule has 2 rings (SSSR count). The number of hydrogen-bond acceptors (Lipinski definition) is 3. The summed E-state index contributed by atoms with van der Waals surface area (Å²) < 4.78 is 28.0. The second-order valence-corrected chi connectivity index (χ2v) is 3.97. The zero-order chi connectivity index (χ0) is 14.0. The highest BCUT2D eigenvalue weighted by molar-refractivity contribution is 5.86. The first-order valence-corrected chi connectivity index (χ1v) is 5.52. The van der Waals surface area contributed by atoms with E-state index in [2.05, 4.69) is 9.82 Å². The molecule has 0 bridgehead atoms. The van der Waals surface area contributed by atoms with E-state index < -0.39 is 11.8 Å². The van der Waals surface area contributed by atoms with E-state index in [0.29, 0.717) is 16.0 Å². The molecule has 0 atom stereocenters. The minimum atomic E-state index is -3.64. The maximum atomic E-state index is 14.0. The van der Waals surface area contributed by atoms with E-state index in [1.54, 1.807) is 18.3 Å². The second-order valence-electron chi connectivity index (χ2n) is 3.97. The van der Waals surface area contributed by atoms with Crippen LogP contribution in [-0.4, -0.2) is 30.1 Å². The fourth-order valence-corrected chi connectivity index (χ4v) is 1.68. The number of alkyl halides is 2. The van der Waals surface area contributed by atoms with Gasteiger partial charge >= 0.3 is 11.8 Å². The van der Waals surface area contributed by atoms with Crippen molar-refractivity contribution in [3.63, 3.8) is 0 Å². The molecule has 0 aliphatic rings. The molecule has 0 N–H and O–H groups in total. The molecule has 0 aliphatic carbocycles. The lowest BCUT2D eigenvalue weighted by atomic mass is 10.0. The topological polar surface area (TPSA) is 42.4 Å². The van der Waals surface area contributed by atoms with Crippen LogP contribution in [0.5, 0.6) is 0 Å². The highest BCUT2D eigenvalue weighted by Crippen LogP contribution is 2.31. The van der Waals surface area contributed by atoms with Crippen molar-refractivity contribution in [2.75, 3.05) is 14.2 Å². The van der Waals surface area contributed by atoms with Crippen molar-refractivity contribution < 1.29 is 18.4 Å². The standard InChI is InChI=1S/C13H12F2N2O2/c1-17(19-2)12(18)13(14,15)10-5-6-11-9(8-10)4-3-7-16-11/h3-8H,1-2H3. The van der Waals surface area contributed by atoms with Crippen molar-refractivity contribution in [1.29, 1.82) is 0 Å².